The topological polar surface area (TPSA) is 79.4 Å². The first kappa shape index (κ1) is 15.9. The highest BCUT2D eigenvalue weighted by molar-refractivity contribution is 7.15. The number of carbonyl (C=O) groups is 3. The molecule has 1 aromatic heterocycles. The molecule has 2 heterocycles. The monoisotopic (exact) mass is 333 g/mol. The molecule has 7 heteroatoms. The molecule has 1 saturated heterocycles. The van der Waals surface area contributed by atoms with Crippen molar-refractivity contribution < 1.29 is 14.4 Å². The maximum Gasteiger partial charge on any atom is 0.233 e. The van der Waals surface area contributed by atoms with Crippen LogP contribution in [-0.4, -0.2) is 34.2 Å². The minimum Gasteiger partial charge on any atom is -0.302 e. The van der Waals surface area contributed by atoms with Crippen molar-refractivity contribution in [3.8, 4) is 0 Å². The zero-order valence-electron chi connectivity index (χ0n) is 13.2. The maximum absolute atomic E-state index is 12.3. The molecule has 0 spiro atoms. The molecule has 0 aromatic carbocycles. The molecule has 0 unspecified atom stereocenters. The maximum atomic E-state index is 12.3. The average molecular weight is 333 g/mol. The lowest BCUT2D eigenvalue weighted by atomic mass is 9.85. The van der Waals surface area contributed by atoms with Crippen molar-refractivity contribution in [1.29, 1.82) is 0 Å². The van der Waals surface area contributed by atoms with Gasteiger partial charge in [-0.15, -0.1) is 11.3 Å². The molecule has 2 aliphatic rings. The van der Waals surface area contributed by atoms with Gasteiger partial charge in [0.25, 0.3) is 0 Å². The van der Waals surface area contributed by atoms with Crippen LogP contribution in [0.3, 0.4) is 0 Å². The number of imide groups is 1. The van der Waals surface area contributed by atoms with E-state index in [1.807, 2.05) is 26.0 Å². The number of rotatable bonds is 4. The number of thiazole rings is 1. The molecule has 122 valence electrons. The Labute approximate surface area is 138 Å². The first-order valence-electron chi connectivity index (χ1n) is 7.71. The Bertz CT molecular complexity index is 649. The lowest BCUT2D eigenvalue weighted by molar-refractivity contribution is -0.140. The highest BCUT2D eigenvalue weighted by Crippen LogP contribution is 2.35. The van der Waals surface area contributed by atoms with E-state index < -0.39 is 0 Å². The predicted molar refractivity (Wildman–Crippen MR) is 86.9 cm³/mol. The Morgan fingerprint density at radius 2 is 1.87 bits per heavy atom. The van der Waals surface area contributed by atoms with Gasteiger partial charge in [0.1, 0.15) is 0 Å². The second-order valence-electron chi connectivity index (χ2n) is 5.94. The number of nitrogens with one attached hydrogen (secondary N) is 1. The number of aromatic nitrogens is 1. The van der Waals surface area contributed by atoms with Crippen LogP contribution in [0.1, 0.15) is 29.8 Å². The summed E-state index contributed by atoms with van der Waals surface area (Å²) in [7, 11) is 0. The molecular weight excluding hydrogens is 314 g/mol. The van der Waals surface area contributed by atoms with E-state index in [0.717, 1.165) is 10.6 Å². The fourth-order valence-electron chi connectivity index (χ4n) is 3.01. The first-order valence-corrected chi connectivity index (χ1v) is 8.53. The predicted octanol–water partition coefficient (Wildman–Crippen LogP) is 2.04. The van der Waals surface area contributed by atoms with E-state index in [1.165, 1.54) is 16.2 Å². The second-order valence-corrected chi connectivity index (χ2v) is 7.15. The summed E-state index contributed by atoms with van der Waals surface area (Å²) in [5, 5.41) is 3.28. The number of nitrogens with zero attached hydrogens (tertiary/aromatic N) is 2. The van der Waals surface area contributed by atoms with E-state index in [1.54, 1.807) is 0 Å². The molecule has 0 bridgehead atoms. The van der Waals surface area contributed by atoms with Crippen LogP contribution in [0.5, 0.6) is 0 Å². The molecule has 3 rings (SSSR count). The summed E-state index contributed by atoms with van der Waals surface area (Å²) in [4.78, 5) is 43.2. The zero-order valence-corrected chi connectivity index (χ0v) is 14.0. The van der Waals surface area contributed by atoms with E-state index >= 15 is 0 Å². The number of hydrogen-bond acceptors (Lipinski definition) is 5. The molecule has 1 aliphatic carbocycles. The molecule has 2 atom stereocenters. The SMILES string of the molecule is Cc1nc(NC(=O)CCN2C(=O)[C@@H]3CC=CC[C@H]3C2=O)sc1C. The van der Waals surface area contributed by atoms with Crippen molar-refractivity contribution in [2.75, 3.05) is 11.9 Å². The van der Waals surface area contributed by atoms with Crippen LogP contribution < -0.4 is 5.32 Å². The average Bonchev–Trinajstić information content (AvgIpc) is 2.96. The third-order valence-electron chi connectivity index (χ3n) is 4.44. The number of fused-ring (bicyclic) bond motifs is 1. The molecule has 0 saturated carbocycles. The number of aryl methyl sites for hydroxylation is 2. The highest BCUT2D eigenvalue weighted by atomic mass is 32.1. The summed E-state index contributed by atoms with van der Waals surface area (Å²) in [6.07, 6.45) is 5.25. The van der Waals surface area contributed by atoms with E-state index in [-0.39, 0.29) is 42.5 Å². The van der Waals surface area contributed by atoms with E-state index in [2.05, 4.69) is 10.3 Å². The van der Waals surface area contributed by atoms with Crippen molar-refractivity contribution in [1.82, 2.24) is 9.88 Å². The van der Waals surface area contributed by atoms with E-state index in [4.69, 9.17) is 0 Å². The third-order valence-corrected chi connectivity index (χ3v) is 5.42. The van der Waals surface area contributed by atoms with Gasteiger partial charge in [-0.05, 0) is 26.7 Å². The van der Waals surface area contributed by atoms with Crippen molar-refractivity contribution in [2.24, 2.45) is 11.8 Å². The standard InChI is InChI=1S/C16H19N3O3S/c1-9-10(2)23-16(17-9)18-13(20)7-8-19-14(21)11-5-3-4-6-12(11)15(19)22/h3-4,11-12H,5-8H2,1-2H3,(H,17,18,20)/t11-,12-/m1/s1. The number of amides is 3. The Hall–Kier alpha value is -2.02. The van der Waals surface area contributed by atoms with Crippen LogP contribution in [0.2, 0.25) is 0 Å². The lowest BCUT2D eigenvalue weighted by Gasteiger charge is -2.14. The van der Waals surface area contributed by atoms with Gasteiger partial charge in [0.05, 0.1) is 17.5 Å². The smallest absolute Gasteiger partial charge is 0.233 e. The van der Waals surface area contributed by atoms with E-state index in [0.29, 0.717) is 18.0 Å². The summed E-state index contributed by atoms with van der Waals surface area (Å²) < 4.78 is 0. The van der Waals surface area contributed by atoms with Gasteiger partial charge in [0.15, 0.2) is 5.13 Å². The fourth-order valence-corrected chi connectivity index (χ4v) is 3.84. The molecule has 23 heavy (non-hydrogen) atoms. The van der Waals surface area contributed by atoms with Gasteiger partial charge in [0.2, 0.25) is 17.7 Å². The normalized spacial score (nSPS) is 23.3. The summed E-state index contributed by atoms with van der Waals surface area (Å²) in [6, 6.07) is 0. The summed E-state index contributed by atoms with van der Waals surface area (Å²) >= 11 is 1.42. The number of carbonyl (C=O) groups excluding carboxylic acids is 3. The minimum absolute atomic E-state index is 0.0992. The minimum atomic E-state index is -0.236. The number of anilines is 1. The van der Waals surface area contributed by atoms with Crippen molar-refractivity contribution in [2.45, 2.75) is 33.1 Å². The quantitative estimate of drug-likeness (QED) is 0.675. The molecule has 3 amide bonds. The number of hydrogen-bond donors (Lipinski definition) is 1. The number of likely N-dealkylation sites (tertiary alicyclic amines) is 1. The summed E-state index contributed by atoms with van der Waals surface area (Å²) in [5.41, 5.74) is 0.895. The third kappa shape index (κ3) is 3.06. The molecule has 1 N–H and O–H groups in total. The molecule has 1 fully saturated rings. The van der Waals surface area contributed by atoms with Gasteiger partial charge >= 0.3 is 0 Å². The fraction of sp³-hybridized carbons (Fsp3) is 0.500. The Morgan fingerprint density at radius 3 is 2.39 bits per heavy atom. The molecule has 1 aliphatic heterocycles. The van der Waals surface area contributed by atoms with Crippen molar-refractivity contribution >= 4 is 34.2 Å². The second kappa shape index (κ2) is 6.23. The van der Waals surface area contributed by atoms with Crippen LogP contribution in [0.25, 0.3) is 0 Å². The van der Waals surface area contributed by atoms with Crippen LogP contribution in [-0.2, 0) is 14.4 Å². The lowest BCUT2D eigenvalue weighted by Crippen LogP contribution is -2.34. The number of allylic oxidation sites excluding steroid dienone is 2. The summed E-state index contributed by atoms with van der Waals surface area (Å²) in [5.74, 6) is -0.983. The Kier molecular flexibility index (Phi) is 4.30. The molecule has 1 aromatic rings. The van der Waals surface area contributed by atoms with Crippen LogP contribution in [0.4, 0.5) is 5.13 Å². The van der Waals surface area contributed by atoms with Gasteiger partial charge in [-0.1, -0.05) is 12.2 Å². The highest BCUT2D eigenvalue weighted by Gasteiger charge is 2.46. The van der Waals surface area contributed by atoms with Gasteiger partial charge in [-0.3, -0.25) is 19.3 Å². The Morgan fingerprint density at radius 1 is 1.26 bits per heavy atom. The summed E-state index contributed by atoms with van der Waals surface area (Å²) in [6.45, 7) is 3.97. The van der Waals surface area contributed by atoms with Crippen LogP contribution in [0, 0.1) is 25.7 Å². The van der Waals surface area contributed by atoms with Gasteiger partial charge in [-0.25, -0.2) is 4.98 Å². The van der Waals surface area contributed by atoms with Gasteiger partial charge in [-0.2, -0.15) is 0 Å². The molecule has 0 radical (unpaired) electrons. The van der Waals surface area contributed by atoms with Crippen molar-refractivity contribution in [3.63, 3.8) is 0 Å². The molecular formula is C16H19N3O3S. The zero-order chi connectivity index (χ0) is 16.6. The van der Waals surface area contributed by atoms with Crippen LogP contribution >= 0.6 is 11.3 Å². The first-order chi connectivity index (χ1) is 11.0. The molecule has 6 nitrogen and oxygen atoms in total. The van der Waals surface area contributed by atoms with Crippen LogP contribution in [0.15, 0.2) is 12.2 Å². The van der Waals surface area contributed by atoms with Gasteiger partial charge < -0.3 is 5.32 Å². The Balaban J connectivity index is 1.57. The van der Waals surface area contributed by atoms with Crippen molar-refractivity contribution in [3.05, 3.63) is 22.7 Å². The largest absolute Gasteiger partial charge is 0.302 e. The van der Waals surface area contributed by atoms with Gasteiger partial charge in [0, 0.05) is 17.8 Å². The van der Waals surface area contributed by atoms with E-state index in [9.17, 15) is 14.4 Å².